The number of hydrogen-bond acceptors (Lipinski definition) is 6. The molecule has 9 heteroatoms. The Hall–Kier alpha value is -4.08. The average Bonchev–Trinajstić information content (AvgIpc) is 3.47. The van der Waals surface area contributed by atoms with Crippen molar-refractivity contribution in [2.24, 2.45) is 11.1 Å². The molecule has 2 aromatic carbocycles. The molecule has 0 atom stereocenters. The molecule has 0 aliphatic carbocycles. The van der Waals surface area contributed by atoms with Gasteiger partial charge in [0.15, 0.2) is 6.29 Å². The number of halogens is 1. The third-order valence-corrected chi connectivity index (χ3v) is 7.91. The molecule has 1 saturated heterocycles. The second-order valence-electron chi connectivity index (χ2n) is 11.5. The number of primary amides is 1. The highest BCUT2D eigenvalue weighted by Gasteiger charge is 2.32. The third kappa shape index (κ3) is 6.01. The lowest BCUT2D eigenvalue weighted by Gasteiger charge is -2.28. The average molecular weight is 559 g/mol. The second kappa shape index (κ2) is 11.4. The van der Waals surface area contributed by atoms with E-state index in [0.29, 0.717) is 17.5 Å². The molecule has 4 N–H and O–H groups in total. The molecule has 0 bridgehead atoms. The minimum atomic E-state index is -1.70. The van der Waals surface area contributed by atoms with E-state index >= 15 is 0 Å². The number of benzene rings is 2. The Bertz CT molecular complexity index is 1620. The maximum atomic E-state index is 13.9. The van der Waals surface area contributed by atoms with E-state index in [-0.39, 0.29) is 29.9 Å². The number of rotatable bonds is 9. The summed E-state index contributed by atoms with van der Waals surface area (Å²) in [6.45, 7) is 5.49. The monoisotopic (exact) mass is 558 g/mol. The summed E-state index contributed by atoms with van der Waals surface area (Å²) in [7, 11) is 0. The van der Waals surface area contributed by atoms with E-state index in [4.69, 9.17) is 5.73 Å². The molecule has 41 heavy (non-hydrogen) atoms. The SMILES string of the molecule is CC(C)(Cc1c(C(N)=O)c(=O)n(Cc2ccc(N3CCCC3)cc2)c2cc(Cc3ccc(F)cc3)cnc12)C(O)O. The molecule has 0 spiro atoms. The van der Waals surface area contributed by atoms with Crippen LogP contribution in [0.3, 0.4) is 0 Å². The van der Waals surface area contributed by atoms with Crippen LogP contribution in [-0.2, 0) is 19.4 Å². The van der Waals surface area contributed by atoms with E-state index in [9.17, 15) is 24.2 Å². The van der Waals surface area contributed by atoms with Gasteiger partial charge < -0.3 is 25.4 Å². The van der Waals surface area contributed by atoms with E-state index in [1.54, 1.807) is 32.2 Å². The Morgan fingerprint density at radius 3 is 2.27 bits per heavy atom. The van der Waals surface area contributed by atoms with Gasteiger partial charge in [0.25, 0.3) is 11.5 Å². The zero-order chi connectivity index (χ0) is 29.3. The molecule has 214 valence electrons. The van der Waals surface area contributed by atoms with Gasteiger partial charge in [0.1, 0.15) is 11.4 Å². The standard InChI is InChI=1S/C32H35FN4O4/c1-32(2,31(40)41)17-25-27(29(34)38)30(39)37(19-21-7-11-24(12-8-21)36-13-3-4-14-36)26-16-22(18-35-28(25)26)15-20-5-9-23(33)10-6-20/h5-12,16,18,31,40-41H,3-4,13-15,17,19H2,1-2H3,(H2,34,38). The zero-order valence-electron chi connectivity index (χ0n) is 23.3. The van der Waals surface area contributed by atoms with Crippen LogP contribution in [0.1, 0.15) is 59.3 Å². The van der Waals surface area contributed by atoms with Crippen molar-refractivity contribution in [3.63, 3.8) is 0 Å². The van der Waals surface area contributed by atoms with Crippen LogP contribution in [0, 0.1) is 11.2 Å². The van der Waals surface area contributed by atoms with Crippen molar-refractivity contribution in [2.45, 2.75) is 52.4 Å². The summed E-state index contributed by atoms with van der Waals surface area (Å²) in [6, 6.07) is 16.1. The number of carbonyl (C=O) groups excluding carboxylic acids is 1. The molecule has 8 nitrogen and oxygen atoms in total. The topological polar surface area (TPSA) is 122 Å². The number of fused-ring (bicyclic) bond motifs is 1. The summed E-state index contributed by atoms with van der Waals surface area (Å²) in [6.07, 6.45) is 2.74. The molecule has 5 rings (SSSR count). The summed E-state index contributed by atoms with van der Waals surface area (Å²) in [5.41, 5.74) is 8.74. The lowest BCUT2D eigenvalue weighted by Crippen LogP contribution is -2.36. The molecule has 4 aromatic rings. The predicted octanol–water partition coefficient (Wildman–Crippen LogP) is 3.75. The van der Waals surface area contributed by atoms with Gasteiger partial charge in [-0.05, 0) is 78.3 Å². The van der Waals surface area contributed by atoms with Crippen LogP contribution in [0.25, 0.3) is 11.0 Å². The Morgan fingerprint density at radius 2 is 1.66 bits per heavy atom. The minimum absolute atomic E-state index is 0.00956. The number of anilines is 1. The van der Waals surface area contributed by atoms with Crippen molar-refractivity contribution in [3.05, 3.63) is 105 Å². The van der Waals surface area contributed by atoms with Crippen LogP contribution in [0.15, 0.2) is 65.6 Å². The Kier molecular flexibility index (Phi) is 7.93. The van der Waals surface area contributed by atoms with E-state index < -0.39 is 23.2 Å². The first-order valence-corrected chi connectivity index (χ1v) is 13.8. The van der Waals surface area contributed by atoms with Crippen LogP contribution in [0.2, 0.25) is 0 Å². The molecule has 0 unspecified atom stereocenters. The summed E-state index contributed by atoms with van der Waals surface area (Å²) in [5.74, 6) is -1.22. The molecular weight excluding hydrogens is 523 g/mol. The molecule has 1 fully saturated rings. The van der Waals surface area contributed by atoms with Crippen LogP contribution in [0.4, 0.5) is 10.1 Å². The van der Waals surface area contributed by atoms with Gasteiger partial charge in [0, 0.05) is 30.4 Å². The van der Waals surface area contributed by atoms with Crippen LogP contribution in [0.5, 0.6) is 0 Å². The number of carbonyl (C=O) groups is 1. The highest BCUT2D eigenvalue weighted by atomic mass is 19.1. The van der Waals surface area contributed by atoms with Gasteiger partial charge in [-0.2, -0.15) is 0 Å². The fourth-order valence-corrected chi connectivity index (χ4v) is 5.46. The molecule has 1 amide bonds. The van der Waals surface area contributed by atoms with Gasteiger partial charge in [0.05, 0.1) is 17.6 Å². The van der Waals surface area contributed by atoms with Gasteiger partial charge in [-0.25, -0.2) is 4.39 Å². The maximum Gasteiger partial charge on any atom is 0.264 e. The largest absolute Gasteiger partial charge is 0.372 e. The lowest BCUT2D eigenvalue weighted by atomic mass is 9.83. The highest BCUT2D eigenvalue weighted by Crippen LogP contribution is 2.31. The lowest BCUT2D eigenvalue weighted by molar-refractivity contribution is -0.120. The maximum absolute atomic E-state index is 13.9. The summed E-state index contributed by atoms with van der Waals surface area (Å²) in [5, 5.41) is 20.0. The van der Waals surface area contributed by atoms with E-state index in [1.165, 1.54) is 29.5 Å². The number of nitrogens with zero attached hydrogens (tertiary/aromatic N) is 3. The predicted molar refractivity (Wildman–Crippen MR) is 156 cm³/mol. The van der Waals surface area contributed by atoms with E-state index in [1.807, 2.05) is 30.3 Å². The Balaban J connectivity index is 1.65. The first-order valence-electron chi connectivity index (χ1n) is 13.8. The van der Waals surface area contributed by atoms with Gasteiger partial charge in [-0.3, -0.25) is 14.6 Å². The van der Waals surface area contributed by atoms with Crippen molar-refractivity contribution in [2.75, 3.05) is 18.0 Å². The van der Waals surface area contributed by atoms with Gasteiger partial charge in [0.2, 0.25) is 0 Å². The number of aliphatic hydroxyl groups excluding tert-OH is 1. The van der Waals surface area contributed by atoms with Crippen LogP contribution < -0.4 is 16.2 Å². The van der Waals surface area contributed by atoms with E-state index in [2.05, 4.69) is 9.88 Å². The number of aromatic nitrogens is 2. The van der Waals surface area contributed by atoms with E-state index in [0.717, 1.165) is 35.5 Å². The third-order valence-electron chi connectivity index (χ3n) is 7.91. The summed E-state index contributed by atoms with van der Waals surface area (Å²) < 4.78 is 15.0. The first kappa shape index (κ1) is 28.4. The second-order valence-corrected chi connectivity index (χ2v) is 11.5. The fourth-order valence-electron chi connectivity index (χ4n) is 5.46. The van der Waals surface area contributed by atoms with Crippen molar-refractivity contribution >= 4 is 22.6 Å². The highest BCUT2D eigenvalue weighted by molar-refractivity contribution is 5.98. The molecule has 3 heterocycles. The van der Waals surface area contributed by atoms with Gasteiger partial charge >= 0.3 is 0 Å². The number of aliphatic hydroxyl groups is 2. The van der Waals surface area contributed by atoms with Gasteiger partial charge in [-0.15, -0.1) is 0 Å². The summed E-state index contributed by atoms with van der Waals surface area (Å²) in [4.78, 5) is 33.6. The molecule has 0 saturated carbocycles. The zero-order valence-corrected chi connectivity index (χ0v) is 23.3. The Morgan fingerprint density at radius 1 is 1.02 bits per heavy atom. The van der Waals surface area contributed by atoms with Crippen LogP contribution >= 0.6 is 0 Å². The van der Waals surface area contributed by atoms with Gasteiger partial charge in [-0.1, -0.05) is 38.1 Å². The number of amides is 1. The van der Waals surface area contributed by atoms with Crippen molar-refractivity contribution < 1.29 is 19.4 Å². The van der Waals surface area contributed by atoms with Crippen LogP contribution in [-0.4, -0.2) is 45.1 Å². The number of nitrogens with two attached hydrogens (primary N) is 1. The Labute approximate surface area is 237 Å². The fraction of sp³-hybridized carbons (Fsp3) is 0.344. The summed E-state index contributed by atoms with van der Waals surface area (Å²) >= 11 is 0. The molecule has 0 radical (unpaired) electrons. The molecule has 2 aromatic heterocycles. The van der Waals surface area contributed by atoms with Crippen molar-refractivity contribution in [1.29, 1.82) is 0 Å². The van der Waals surface area contributed by atoms with Crippen molar-refractivity contribution in [3.8, 4) is 0 Å². The number of hydrogen-bond donors (Lipinski definition) is 3. The first-order chi connectivity index (χ1) is 19.5. The molecule has 1 aliphatic rings. The number of pyridine rings is 2. The molecular formula is C32H35FN4O4. The molecule has 1 aliphatic heterocycles. The quantitative estimate of drug-likeness (QED) is 0.269. The van der Waals surface area contributed by atoms with Crippen molar-refractivity contribution in [1.82, 2.24) is 9.55 Å². The smallest absolute Gasteiger partial charge is 0.264 e. The minimum Gasteiger partial charge on any atom is -0.372 e. The normalized spacial score (nSPS) is 13.9.